The Balaban J connectivity index is 2.04. The Labute approximate surface area is 173 Å². The summed E-state index contributed by atoms with van der Waals surface area (Å²) >= 11 is 3.15. The molecule has 1 aliphatic carbocycles. The van der Waals surface area contributed by atoms with Gasteiger partial charge >= 0.3 is 0 Å². The Bertz CT molecular complexity index is 1010. The van der Waals surface area contributed by atoms with E-state index in [2.05, 4.69) is 13.8 Å². The van der Waals surface area contributed by atoms with Crippen molar-refractivity contribution < 1.29 is 10.2 Å². The maximum absolute atomic E-state index is 9.51. The molecular weight excluding hydrogens is 392 g/mol. The van der Waals surface area contributed by atoms with Gasteiger partial charge in [0, 0.05) is 24.2 Å². The standard InChI is InChI=1S/C20H26N4O2S2/c1-11(2)15-13-6-4-5-12(13)14-16-17(28-19(14)21-15)18(23-20(22-16)27-3)24(7-9-25)8-10-26/h11,25-26H,4-10H2,1-3H3. The first-order valence-corrected chi connectivity index (χ1v) is 11.8. The summed E-state index contributed by atoms with van der Waals surface area (Å²) in [5, 5.41) is 20.9. The first kappa shape index (κ1) is 19.8. The van der Waals surface area contributed by atoms with Crippen LogP contribution in [0.5, 0.6) is 0 Å². The van der Waals surface area contributed by atoms with Gasteiger partial charge in [-0.25, -0.2) is 15.0 Å². The molecular formula is C20H26N4O2S2. The van der Waals surface area contributed by atoms with E-state index in [9.17, 15) is 10.2 Å². The van der Waals surface area contributed by atoms with Gasteiger partial charge in [-0.15, -0.1) is 11.3 Å². The molecule has 0 bridgehead atoms. The molecule has 0 fully saturated rings. The van der Waals surface area contributed by atoms with Gasteiger partial charge in [-0.2, -0.15) is 0 Å². The smallest absolute Gasteiger partial charge is 0.189 e. The minimum atomic E-state index is 0.0101. The molecule has 8 heteroatoms. The number of anilines is 1. The second-order valence-corrected chi connectivity index (χ2v) is 9.16. The van der Waals surface area contributed by atoms with Crippen LogP contribution < -0.4 is 4.90 Å². The second kappa shape index (κ2) is 8.10. The molecule has 0 spiro atoms. The van der Waals surface area contributed by atoms with E-state index in [0.29, 0.717) is 24.2 Å². The summed E-state index contributed by atoms with van der Waals surface area (Å²) in [5.74, 6) is 1.19. The van der Waals surface area contributed by atoms with Gasteiger partial charge < -0.3 is 15.1 Å². The van der Waals surface area contributed by atoms with Crippen molar-refractivity contribution in [1.82, 2.24) is 15.0 Å². The highest BCUT2D eigenvalue weighted by atomic mass is 32.2. The van der Waals surface area contributed by atoms with Gasteiger partial charge in [-0.05, 0) is 42.6 Å². The van der Waals surface area contributed by atoms with Gasteiger partial charge in [0.2, 0.25) is 0 Å². The van der Waals surface area contributed by atoms with Crippen molar-refractivity contribution in [1.29, 1.82) is 0 Å². The van der Waals surface area contributed by atoms with Crippen molar-refractivity contribution in [2.75, 3.05) is 37.5 Å². The average molecular weight is 419 g/mol. The minimum absolute atomic E-state index is 0.0101. The molecule has 1 aliphatic rings. The molecule has 0 saturated heterocycles. The lowest BCUT2D eigenvalue weighted by atomic mass is 9.99. The molecule has 3 heterocycles. The lowest BCUT2D eigenvalue weighted by Crippen LogP contribution is -2.30. The first-order valence-electron chi connectivity index (χ1n) is 9.75. The predicted octanol–water partition coefficient (Wildman–Crippen LogP) is 3.36. The third-order valence-corrected chi connectivity index (χ3v) is 6.91. The van der Waals surface area contributed by atoms with Crippen LogP contribution >= 0.6 is 23.1 Å². The van der Waals surface area contributed by atoms with Crippen LogP contribution in [0.25, 0.3) is 20.4 Å². The monoisotopic (exact) mass is 418 g/mol. The van der Waals surface area contributed by atoms with Crippen LogP contribution in [0.15, 0.2) is 5.16 Å². The summed E-state index contributed by atoms with van der Waals surface area (Å²) in [6, 6.07) is 0. The Morgan fingerprint density at radius 3 is 2.43 bits per heavy atom. The summed E-state index contributed by atoms with van der Waals surface area (Å²) in [4.78, 5) is 17.6. The molecule has 0 aromatic carbocycles. The fraction of sp³-hybridized carbons (Fsp3) is 0.550. The SMILES string of the molecule is CSc1nc(N(CCO)CCO)c2sc3nc(C(C)C)c4c(c3c2n1)CCC4. The number of nitrogens with zero attached hydrogens (tertiary/aromatic N) is 4. The first-order chi connectivity index (χ1) is 13.6. The molecule has 0 radical (unpaired) electrons. The summed E-state index contributed by atoms with van der Waals surface area (Å²) in [5.41, 5.74) is 5.01. The fourth-order valence-electron chi connectivity index (χ4n) is 4.11. The molecule has 0 amide bonds. The zero-order valence-corrected chi connectivity index (χ0v) is 18.2. The van der Waals surface area contributed by atoms with Gasteiger partial charge in [-0.3, -0.25) is 0 Å². The number of hydrogen-bond donors (Lipinski definition) is 2. The van der Waals surface area contributed by atoms with E-state index in [1.165, 1.54) is 40.4 Å². The maximum atomic E-state index is 9.51. The topological polar surface area (TPSA) is 82.4 Å². The molecule has 28 heavy (non-hydrogen) atoms. The van der Waals surface area contributed by atoms with Crippen LogP contribution in [-0.2, 0) is 12.8 Å². The van der Waals surface area contributed by atoms with E-state index in [0.717, 1.165) is 33.7 Å². The van der Waals surface area contributed by atoms with E-state index in [-0.39, 0.29) is 13.2 Å². The zero-order chi connectivity index (χ0) is 19.8. The number of thiophene rings is 1. The number of pyridine rings is 1. The number of thioether (sulfide) groups is 1. The quantitative estimate of drug-likeness (QED) is 0.450. The molecule has 0 unspecified atom stereocenters. The van der Waals surface area contributed by atoms with Gasteiger partial charge in [0.05, 0.1) is 23.4 Å². The lowest BCUT2D eigenvalue weighted by Gasteiger charge is -2.22. The van der Waals surface area contributed by atoms with E-state index >= 15 is 0 Å². The lowest BCUT2D eigenvalue weighted by molar-refractivity contribution is 0.281. The number of aliphatic hydroxyl groups is 2. The van der Waals surface area contributed by atoms with E-state index in [1.54, 1.807) is 11.3 Å². The maximum Gasteiger partial charge on any atom is 0.189 e. The van der Waals surface area contributed by atoms with Crippen LogP contribution in [0.3, 0.4) is 0 Å². The largest absolute Gasteiger partial charge is 0.395 e. The number of aliphatic hydroxyl groups excluding tert-OH is 2. The summed E-state index contributed by atoms with van der Waals surface area (Å²) < 4.78 is 0.997. The third-order valence-electron chi connectivity index (χ3n) is 5.30. The molecule has 6 nitrogen and oxygen atoms in total. The molecule has 3 aromatic heterocycles. The summed E-state index contributed by atoms with van der Waals surface area (Å²) in [6.07, 6.45) is 5.31. The van der Waals surface area contributed by atoms with Crippen LogP contribution in [-0.4, -0.2) is 57.7 Å². The van der Waals surface area contributed by atoms with Crippen LogP contribution in [0.1, 0.15) is 43.0 Å². The average Bonchev–Trinajstić information content (AvgIpc) is 3.30. The Kier molecular flexibility index (Phi) is 5.73. The van der Waals surface area contributed by atoms with Crippen molar-refractivity contribution >= 4 is 49.3 Å². The number of aromatic nitrogens is 3. The molecule has 0 atom stereocenters. The number of hydrogen-bond acceptors (Lipinski definition) is 8. The Morgan fingerprint density at radius 2 is 1.79 bits per heavy atom. The molecule has 0 aliphatic heterocycles. The molecule has 0 saturated carbocycles. The summed E-state index contributed by atoms with van der Waals surface area (Å²) in [6.45, 7) is 5.30. The van der Waals surface area contributed by atoms with Crippen LogP contribution in [0.4, 0.5) is 5.82 Å². The summed E-state index contributed by atoms with van der Waals surface area (Å²) in [7, 11) is 0. The highest BCUT2D eigenvalue weighted by Gasteiger charge is 2.26. The van der Waals surface area contributed by atoms with Crippen LogP contribution in [0, 0.1) is 0 Å². The molecule has 3 aromatic rings. The van der Waals surface area contributed by atoms with Gasteiger partial charge in [0.1, 0.15) is 4.83 Å². The minimum Gasteiger partial charge on any atom is -0.395 e. The van der Waals surface area contributed by atoms with Crippen molar-refractivity contribution in [3.8, 4) is 0 Å². The number of rotatable bonds is 7. The van der Waals surface area contributed by atoms with E-state index in [4.69, 9.17) is 15.0 Å². The number of aryl methyl sites for hydroxylation is 1. The second-order valence-electron chi connectivity index (χ2n) is 7.39. The molecule has 150 valence electrons. The van der Waals surface area contributed by atoms with Crippen LogP contribution in [0.2, 0.25) is 0 Å². The zero-order valence-electron chi connectivity index (χ0n) is 16.5. The van der Waals surface area contributed by atoms with Crippen molar-refractivity contribution in [3.63, 3.8) is 0 Å². The van der Waals surface area contributed by atoms with E-state index < -0.39 is 0 Å². The molecule has 4 rings (SSSR count). The fourth-order valence-corrected chi connectivity index (χ4v) is 5.64. The third kappa shape index (κ3) is 3.26. The Hall–Kier alpha value is -1.48. The van der Waals surface area contributed by atoms with Crippen molar-refractivity contribution in [2.24, 2.45) is 0 Å². The van der Waals surface area contributed by atoms with Gasteiger partial charge in [0.25, 0.3) is 0 Å². The van der Waals surface area contributed by atoms with Crippen molar-refractivity contribution in [3.05, 3.63) is 16.8 Å². The Morgan fingerprint density at radius 1 is 1.07 bits per heavy atom. The number of fused-ring (bicyclic) bond motifs is 5. The molecule has 2 N–H and O–H groups in total. The highest BCUT2D eigenvalue weighted by Crippen LogP contribution is 2.43. The highest BCUT2D eigenvalue weighted by molar-refractivity contribution is 7.98. The normalized spacial score (nSPS) is 13.8. The van der Waals surface area contributed by atoms with E-state index in [1.807, 2.05) is 11.2 Å². The van der Waals surface area contributed by atoms with Gasteiger partial charge in [0.15, 0.2) is 11.0 Å². The van der Waals surface area contributed by atoms with Gasteiger partial charge in [-0.1, -0.05) is 25.6 Å². The van der Waals surface area contributed by atoms with Crippen molar-refractivity contribution in [2.45, 2.75) is 44.2 Å². The predicted molar refractivity (Wildman–Crippen MR) is 117 cm³/mol.